The minimum absolute atomic E-state index is 0.259. The number of hydrogen-bond donors (Lipinski definition) is 0. The average Bonchev–Trinajstić information content (AvgIpc) is 3.09. The van der Waals surface area contributed by atoms with Gasteiger partial charge in [-0.3, -0.25) is 0 Å². The van der Waals surface area contributed by atoms with Gasteiger partial charge in [-0.2, -0.15) is 0 Å². The van der Waals surface area contributed by atoms with E-state index in [1.807, 2.05) is 0 Å². The minimum Gasteiger partial charge on any atom is -0.381 e. The Hall–Kier alpha value is -0.120. The molecule has 2 unspecified atom stereocenters. The van der Waals surface area contributed by atoms with E-state index in [2.05, 4.69) is 13.8 Å². The summed E-state index contributed by atoms with van der Waals surface area (Å²) in [5.41, 5.74) is 0. The van der Waals surface area contributed by atoms with Crippen LogP contribution in [0.1, 0.15) is 71.6 Å². The predicted octanol–water partition coefficient (Wildman–Crippen LogP) is 4.54. The second kappa shape index (κ2) is 9.12. The summed E-state index contributed by atoms with van der Waals surface area (Å²) in [4.78, 5) is 0. The Bertz CT molecular complexity index is 274. The van der Waals surface area contributed by atoms with Crippen molar-refractivity contribution in [3.05, 3.63) is 0 Å². The maximum atomic E-state index is 6.04. The van der Waals surface area contributed by atoms with Crippen LogP contribution in [0.3, 0.4) is 0 Å². The smallest absolute Gasteiger partial charge is 0.171 e. The van der Waals surface area contributed by atoms with Crippen LogP contribution < -0.4 is 0 Å². The van der Waals surface area contributed by atoms with E-state index in [9.17, 15) is 0 Å². The molecule has 1 heterocycles. The predicted molar refractivity (Wildman–Crippen MR) is 85.3 cm³/mol. The lowest BCUT2D eigenvalue weighted by atomic mass is 9.88. The number of unbranched alkanes of at least 4 members (excludes halogenated alkanes) is 4. The van der Waals surface area contributed by atoms with E-state index in [1.54, 1.807) is 0 Å². The van der Waals surface area contributed by atoms with Crippen molar-refractivity contribution in [3.63, 3.8) is 0 Å². The second-order valence-corrected chi connectivity index (χ2v) is 6.69. The quantitative estimate of drug-likeness (QED) is 0.554. The third kappa shape index (κ3) is 4.67. The summed E-state index contributed by atoms with van der Waals surface area (Å²) in [5.74, 6) is 0.907. The molecule has 0 amide bonds. The summed E-state index contributed by atoms with van der Waals surface area (Å²) in [6.07, 6.45) is 11.1. The highest BCUT2D eigenvalue weighted by Gasteiger charge is 2.52. The maximum absolute atomic E-state index is 6.04. The highest BCUT2D eigenvalue weighted by atomic mass is 16.7. The molecular formula is C18H34O3. The maximum Gasteiger partial charge on any atom is 0.171 e. The lowest BCUT2D eigenvalue weighted by Gasteiger charge is -2.32. The minimum atomic E-state index is -0.259. The molecule has 0 bridgehead atoms. The molecule has 2 atom stereocenters. The first-order valence-electron chi connectivity index (χ1n) is 9.18. The third-order valence-electron chi connectivity index (χ3n) is 5.12. The molecule has 2 aliphatic rings. The molecule has 1 saturated heterocycles. The fourth-order valence-electron chi connectivity index (χ4n) is 3.92. The van der Waals surface area contributed by atoms with Crippen molar-refractivity contribution in [2.24, 2.45) is 11.8 Å². The Morgan fingerprint density at radius 1 is 1.00 bits per heavy atom. The first-order chi connectivity index (χ1) is 10.3. The summed E-state index contributed by atoms with van der Waals surface area (Å²) < 4.78 is 18.0. The zero-order chi connectivity index (χ0) is 15.0. The molecule has 1 aliphatic heterocycles. The van der Waals surface area contributed by atoms with Gasteiger partial charge in [0.2, 0.25) is 0 Å². The van der Waals surface area contributed by atoms with Crippen molar-refractivity contribution in [2.45, 2.75) is 77.4 Å². The van der Waals surface area contributed by atoms with Crippen LogP contribution in [0, 0.1) is 11.8 Å². The first-order valence-corrected chi connectivity index (χ1v) is 9.18. The fourth-order valence-corrected chi connectivity index (χ4v) is 3.92. The molecule has 21 heavy (non-hydrogen) atoms. The standard InChI is InChI=1S/C18H34O3/c1-3-5-7-9-17-16(15-19-12-8-6-4-2)10-11-18(17)20-13-14-21-18/h16-17H,3-15H2,1-2H3. The van der Waals surface area contributed by atoms with Gasteiger partial charge in [0.25, 0.3) is 0 Å². The summed E-state index contributed by atoms with van der Waals surface area (Å²) in [6.45, 7) is 7.86. The van der Waals surface area contributed by atoms with Crippen LogP contribution in [0.15, 0.2) is 0 Å². The summed E-state index contributed by atoms with van der Waals surface area (Å²) in [5, 5.41) is 0. The molecule has 0 radical (unpaired) electrons. The Morgan fingerprint density at radius 3 is 2.43 bits per heavy atom. The van der Waals surface area contributed by atoms with Gasteiger partial charge in [-0.25, -0.2) is 0 Å². The summed E-state index contributed by atoms with van der Waals surface area (Å²) >= 11 is 0. The van der Waals surface area contributed by atoms with Crippen LogP contribution in [-0.2, 0) is 14.2 Å². The van der Waals surface area contributed by atoms with Gasteiger partial charge in [0.05, 0.1) is 13.2 Å². The van der Waals surface area contributed by atoms with Gasteiger partial charge in [-0.05, 0) is 25.2 Å². The molecule has 0 aromatic heterocycles. The van der Waals surface area contributed by atoms with E-state index < -0.39 is 0 Å². The molecule has 3 nitrogen and oxygen atoms in total. The fraction of sp³-hybridized carbons (Fsp3) is 1.00. The van der Waals surface area contributed by atoms with E-state index >= 15 is 0 Å². The molecule has 2 fully saturated rings. The van der Waals surface area contributed by atoms with E-state index in [0.717, 1.165) is 32.8 Å². The van der Waals surface area contributed by atoms with Gasteiger partial charge in [0.15, 0.2) is 5.79 Å². The lowest BCUT2D eigenvalue weighted by molar-refractivity contribution is -0.190. The monoisotopic (exact) mass is 298 g/mol. The zero-order valence-corrected chi connectivity index (χ0v) is 14.1. The Labute approximate surface area is 130 Å². The Balaban J connectivity index is 1.80. The van der Waals surface area contributed by atoms with Crippen molar-refractivity contribution in [1.82, 2.24) is 0 Å². The molecule has 2 rings (SSSR count). The molecule has 1 aliphatic carbocycles. The van der Waals surface area contributed by atoms with Gasteiger partial charge in [0.1, 0.15) is 0 Å². The van der Waals surface area contributed by atoms with E-state index in [4.69, 9.17) is 14.2 Å². The molecule has 1 saturated carbocycles. The first kappa shape index (κ1) is 17.2. The topological polar surface area (TPSA) is 27.7 Å². The van der Waals surface area contributed by atoms with Gasteiger partial charge >= 0.3 is 0 Å². The normalized spacial score (nSPS) is 27.7. The highest BCUT2D eigenvalue weighted by Crippen LogP contribution is 2.48. The van der Waals surface area contributed by atoms with Crippen molar-refractivity contribution in [1.29, 1.82) is 0 Å². The molecule has 0 aromatic carbocycles. The van der Waals surface area contributed by atoms with E-state index in [0.29, 0.717) is 11.8 Å². The molecule has 0 N–H and O–H groups in total. The molecular weight excluding hydrogens is 264 g/mol. The third-order valence-corrected chi connectivity index (χ3v) is 5.12. The average molecular weight is 298 g/mol. The van der Waals surface area contributed by atoms with Crippen LogP contribution in [0.25, 0.3) is 0 Å². The Kier molecular flexibility index (Phi) is 7.48. The van der Waals surface area contributed by atoms with Gasteiger partial charge in [-0.15, -0.1) is 0 Å². The van der Waals surface area contributed by atoms with Gasteiger partial charge in [-0.1, -0.05) is 46.0 Å². The largest absolute Gasteiger partial charge is 0.381 e. The van der Waals surface area contributed by atoms with Crippen LogP contribution >= 0.6 is 0 Å². The van der Waals surface area contributed by atoms with Crippen molar-refractivity contribution >= 4 is 0 Å². The molecule has 0 aromatic rings. The molecule has 124 valence electrons. The van der Waals surface area contributed by atoms with Crippen LogP contribution in [-0.4, -0.2) is 32.2 Å². The van der Waals surface area contributed by atoms with Crippen LogP contribution in [0.4, 0.5) is 0 Å². The number of hydrogen-bond acceptors (Lipinski definition) is 3. The lowest BCUT2D eigenvalue weighted by Crippen LogP contribution is -2.37. The summed E-state index contributed by atoms with van der Waals surface area (Å²) in [7, 11) is 0. The highest BCUT2D eigenvalue weighted by molar-refractivity contribution is 4.94. The van der Waals surface area contributed by atoms with Gasteiger partial charge in [0, 0.05) is 25.6 Å². The van der Waals surface area contributed by atoms with Crippen molar-refractivity contribution in [3.8, 4) is 0 Å². The van der Waals surface area contributed by atoms with Crippen molar-refractivity contribution in [2.75, 3.05) is 26.4 Å². The van der Waals surface area contributed by atoms with Crippen LogP contribution in [0.2, 0.25) is 0 Å². The second-order valence-electron chi connectivity index (χ2n) is 6.69. The van der Waals surface area contributed by atoms with Crippen molar-refractivity contribution < 1.29 is 14.2 Å². The molecule has 1 spiro atoms. The van der Waals surface area contributed by atoms with Gasteiger partial charge < -0.3 is 14.2 Å². The summed E-state index contributed by atoms with van der Waals surface area (Å²) in [6, 6.07) is 0. The Morgan fingerprint density at radius 2 is 1.71 bits per heavy atom. The van der Waals surface area contributed by atoms with E-state index in [-0.39, 0.29) is 5.79 Å². The zero-order valence-electron chi connectivity index (χ0n) is 14.1. The SMILES string of the molecule is CCCCCOCC1CCC2(OCCO2)C1CCCCC. The number of ether oxygens (including phenoxy) is 3. The van der Waals surface area contributed by atoms with Crippen LogP contribution in [0.5, 0.6) is 0 Å². The number of rotatable bonds is 10. The molecule has 3 heteroatoms. The van der Waals surface area contributed by atoms with E-state index in [1.165, 1.54) is 51.4 Å².